The van der Waals surface area contributed by atoms with Crippen LogP contribution in [0.5, 0.6) is 0 Å². The van der Waals surface area contributed by atoms with Crippen molar-refractivity contribution in [2.24, 2.45) is 0 Å². The van der Waals surface area contributed by atoms with Gasteiger partial charge in [-0.3, -0.25) is 0 Å². The molecule has 0 aromatic heterocycles. The molecule has 4 nitrogen and oxygen atoms in total. The molecule has 1 N–H and O–H groups in total. The van der Waals surface area contributed by atoms with Gasteiger partial charge in [0.05, 0.1) is 12.1 Å². The standard InChI is InChI=1S/C9H21NO3/c1-7(11-3)6-10-8(2)9(12-4)13-5/h7-10H,6H2,1-5H3. The van der Waals surface area contributed by atoms with E-state index in [-0.39, 0.29) is 18.4 Å². The molecule has 80 valence electrons. The van der Waals surface area contributed by atoms with Gasteiger partial charge < -0.3 is 19.5 Å². The average Bonchev–Trinajstić information content (AvgIpc) is 2.16. The van der Waals surface area contributed by atoms with Gasteiger partial charge in [0, 0.05) is 27.9 Å². The number of rotatable bonds is 7. The third-order valence-electron chi connectivity index (χ3n) is 2.00. The first-order valence-corrected chi connectivity index (χ1v) is 4.47. The van der Waals surface area contributed by atoms with E-state index in [1.54, 1.807) is 21.3 Å². The molecule has 0 spiro atoms. The lowest BCUT2D eigenvalue weighted by Crippen LogP contribution is -2.42. The fourth-order valence-electron chi connectivity index (χ4n) is 1.04. The Kier molecular flexibility index (Phi) is 7.17. The molecule has 0 saturated heterocycles. The van der Waals surface area contributed by atoms with Crippen molar-refractivity contribution in [3.63, 3.8) is 0 Å². The van der Waals surface area contributed by atoms with E-state index in [1.165, 1.54) is 0 Å². The maximum atomic E-state index is 5.10. The summed E-state index contributed by atoms with van der Waals surface area (Å²) in [5, 5.41) is 3.26. The first kappa shape index (κ1) is 12.8. The Labute approximate surface area is 80.5 Å². The SMILES string of the molecule is COC(C)CNC(C)C(OC)OC. The molecule has 0 amide bonds. The third kappa shape index (κ3) is 5.21. The summed E-state index contributed by atoms with van der Waals surface area (Å²) in [6.45, 7) is 4.81. The van der Waals surface area contributed by atoms with Crippen LogP contribution in [0.1, 0.15) is 13.8 Å². The second-order valence-electron chi connectivity index (χ2n) is 3.08. The molecule has 0 aromatic carbocycles. The van der Waals surface area contributed by atoms with E-state index in [2.05, 4.69) is 5.32 Å². The maximum absolute atomic E-state index is 5.10. The highest BCUT2D eigenvalue weighted by Crippen LogP contribution is 1.98. The monoisotopic (exact) mass is 191 g/mol. The summed E-state index contributed by atoms with van der Waals surface area (Å²) in [4.78, 5) is 0. The number of methoxy groups -OCH3 is 3. The van der Waals surface area contributed by atoms with Crippen LogP contribution in [-0.4, -0.2) is 46.3 Å². The van der Waals surface area contributed by atoms with Crippen LogP contribution in [0.2, 0.25) is 0 Å². The predicted octanol–water partition coefficient (Wildman–Crippen LogP) is 0.618. The van der Waals surface area contributed by atoms with Crippen LogP contribution in [0.15, 0.2) is 0 Å². The number of ether oxygens (including phenoxy) is 3. The number of nitrogens with one attached hydrogen (secondary N) is 1. The van der Waals surface area contributed by atoms with Crippen LogP contribution in [0.3, 0.4) is 0 Å². The molecule has 0 heterocycles. The van der Waals surface area contributed by atoms with Crippen LogP contribution >= 0.6 is 0 Å². The Balaban J connectivity index is 3.65. The molecule has 0 bridgehead atoms. The van der Waals surface area contributed by atoms with Crippen molar-refractivity contribution in [2.45, 2.75) is 32.3 Å². The van der Waals surface area contributed by atoms with E-state index in [1.807, 2.05) is 13.8 Å². The topological polar surface area (TPSA) is 39.7 Å². The van der Waals surface area contributed by atoms with Gasteiger partial charge in [-0.25, -0.2) is 0 Å². The highest BCUT2D eigenvalue weighted by molar-refractivity contribution is 4.66. The first-order valence-electron chi connectivity index (χ1n) is 4.47. The van der Waals surface area contributed by atoms with Crippen molar-refractivity contribution in [3.05, 3.63) is 0 Å². The zero-order chi connectivity index (χ0) is 10.3. The van der Waals surface area contributed by atoms with Crippen LogP contribution in [-0.2, 0) is 14.2 Å². The largest absolute Gasteiger partial charge is 0.380 e. The number of hydrogen-bond donors (Lipinski definition) is 1. The molecular formula is C9H21NO3. The minimum absolute atomic E-state index is 0.160. The molecular weight excluding hydrogens is 170 g/mol. The molecule has 0 aliphatic heterocycles. The minimum atomic E-state index is -0.205. The van der Waals surface area contributed by atoms with E-state index in [4.69, 9.17) is 14.2 Å². The molecule has 0 aliphatic rings. The van der Waals surface area contributed by atoms with Gasteiger partial charge in [-0.2, -0.15) is 0 Å². The summed E-state index contributed by atoms with van der Waals surface area (Å²) in [5.74, 6) is 0. The second kappa shape index (κ2) is 7.26. The molecule has 2 atom stereocenters. The summed E-state index contributed by atoms with van der Waals surface area (Å²) >= 11 is 0. The molecule has 2 unspecified atom stereocenters. The third-order valence-corrected chi connectivity index (χ3v) is 2.00. The predicted molar refractivity (Wildman–Crippen MR) is 51.7 cm³/mol. The van der Waals surface area contributed by atoms with Crippen LogP contribution in [0.4, 0.5) is 0 Å². The molecule has 0 aromatic rings. The van der Waals surface area contributed by atoms with E-state index < -0.39 is 0 Å². The highest BCUT2D eigenvalue weighted by Gasteiger charge is 2.15. The van der Waals surface area contributed by atoms with Crippen molar-refractivity contribution >= 4 is 0 Å². The lowest BCUT2D eigenvalue weighted by Gasteiger charge is -2.23. The molecule has 13 heavy (non-hydrogen) atoms. The molecule has 0 aliphatic carbocycles. The smallest absolute Gasteiger partial charge is 0.171 e. The van der Waals surface area contributed by atoms with Gasteiger partial charge in [-0.1, -0.05) is 0 Å². The lowest BCUT2D eigenvalue weighted by atomic mass is 10.3. The van der Waals surface area contributed by atoms with Crippen molar-refractivity contribution in [2.75, 3.05) is 27.9 Å². The Hall–Kier alpha value is -0.160. The van der Waals surface area contributed by atoms with Gasteiger partial charge in [0.15, 0.2) is 6.29 Å². The summed E-state index contributed by atoms with van der Waals surface area (Å²) < 4.78 is 15.3. The molecule has 0 radical (unpaired) electrons. The van der Waals surface area contributed by atoms with Crippen molar-refractivity contribution in [3.8, 4) is 0 Å². The normalized spacial score (nSPS) is 16.2. The molecule has 0 saturated carbocycles. The number of hydrogen-bond acceptors (Lipinski definition) is 4. The van der Waals surface area contributed by atoms with Gasteiger partial charge in [0.25, 0.3) is 0 Å². The highest BCUT2D eigenvalue weighted by atomic mass is 16.7. The maximum Gasteiger partial charge on any atom is 0.171 e. The van der Waals surface area contributed by atoms with Crippen LogP contribution in [0.25, 0.3) is 0 Å². The van der Waals surface area contributed by atoms with Crippen LogP contribution < -0.4 is 5.32 Å². The average molecular weight is 191 g/mol. The summed E-state index contributed by atoms with van der Waals surface area (Å²) in [5.41, 5.74) is 0. The first-order chi connectivity index (χ1) is 6.15. The van der Waals surface area contributed by atoms with E-state index in [0.717, 1.165) is 6.54 Å². The van der Waals surface area contributed by atoms with Gasteiger partial charge >= 0.3 is 0 Å². The second-order valence-corrected chi connectivity index (χ2v) is 3.08. The van der Waals surface area contributed by atoms with Gasteiger partial charge in [0.2, 0.25) is 0 Å². The minimum Gasteiger partial charge on any atom is -0.380 e. The van der Waals surface area contributed by atoms with E-state index >= 15 is 0 Å². The van der Waals surface area contributed by atoms with Crippen molar-refractivity contribution in [1.29, 1.82) is 0 Å². The zero-order valence-corrected chi connectivity index (χ0v) is 9.16. The van der Waals surface area contributed by atoms with Crippen molar-refractivity contribution in [1.82, 2.24) is 5.32 Å². The Morgan fingerprint density at radius 2 is 1.54 bits per heavy atom. The molecule has 4 heteroatoms. The van der Waals surface area contributed by atoms with E-state index in [0.29, 0.717) is 0 Å². The van der Waals surface area contributed by atoms with E-state index in [9.17, 15) is 0 Å². The quantitative estimate of drug-likeness (QED) is 0.599. The summed E-state index contributed by atoms with van der Waals surface area (Å²) in [6.07, 6.45) is 0.000804. The Morgan fingerprint density at radius 3 is 1.92 bits per heavy atom. The fraction of sp³-hybridized carbons (Fsp3) is 1.00. The van der Waals surface area contributed by atoms with Gasteiger partial charge in [-0.05, 0) is 13.8 Å². The summed E-state index contributed by atoms with van der Waals surface area (Å²) in [6, 6.07) is 0.160. The fourth-order valence-corrected chi connectivity index (χ4v) is 1.04. The Bertz CT molecular complexity index is 117. The van der Waals surface area contributed by atoms with Crippen molar-refractivity contribution < 1.29 is 14.2 Å². The van der Waals surface area contributed by atoms with Gasteiger partial charge in [0.1, 0.15) is 0 Å². The molecule has 0 rings (SSSR count). The lowest BCUT2D eigenvalue weighted by molar-refractivity contribution is -0.120. The summed E-state index contributed by atoms with van der Waals surface area (Å²) in [7, 11) is 4.96. The van der Waals surface area contributed by atoms with Crippen LogP contribution in [0, 0.1) is 0 Å². The Morgan fingerprint density at radius 1 is 1.00 bits per heavy atom. The van der Waals surface area contributed by atoms with Gasteiger partial charge in [-0.15, -0.1) is 0 Å². The molecule has 0 fully saturated rings. The zero-order valence-electron chi connectivity index (χ0n) is 9.16.